The summed E-state index contributed by atoms with van der Waals surface area (Å²) in [7, 11) is 3.23. The third-order valence-corrected chi connectivity index (χ3v) is 9.57. The molecule has 0 bridgehead atoms. The van der Waals surface area contributed by atoms with Crippen LogP contribution in [0.2, 0.25) is 0 Å². The first kappa shape index (κ1) is 44.0. The molecule has 0 aromatic heterocycles. The van der Waals surface area contributed by atoms with Gasteiger partial charge in [-0.05, 0) is 61.1 Å². The number of Topliss-reactive ketones (excluding diaryl/α,β-unsaturated/α-hetero) is 1. The van der Waals surface area contributed by atoms with E-state index < -0.39 is 54.2 Å². The van der Waals surface area contributed by atoms with Crippen LogP contribution in [0.15, 0.2) is 30.4 Å². The Balaban J connectivity index is 2.35. The molecule has 0 spiro atoms. The van der Waals surface area contributed by atoms with Crippen molar-refractivity contribution in [3.63, 3.8) is 0 Å². The molecule has 0 unspecified atom stereocenters. The number of amides is 2. The number of hydrogen-bond acceptors (Lipinski definition) is 11. The fourth-order valence-corrected chi connectivity index (χ4v) is 6.00. The summed E-state index contributed by atoms with van der Waals surface area (Å²) in [5, 5.41) is 8.73. The maximum absolute atomic E-state index is 13.6. The van der Waals surface area contributed by atoms with Gasteiger partial charge in [-0.1, -0.05) is 47.6 Å². The van der Waals surface area contributed by atoms with Gasteiger partial charge in [0.05, 0.1) is 25.9 Å². The van der Waals surface area contributed by atoms with Crippen LogP contribution >= 0.6 is 0 Å². The van der Waals surface area contributed by atoms with E-state index in [0.717, 1.165) is 5.56 Å². The number of nitrogens with zero attached hydrogens (tertiary/aromatic N) is 1. The zero-order valence-corrected chi connectivity index (χ0v) is 31.9. The average molecular weight is 735 g/mol. The Hall–Kier alpha value is -4.17. The second-order valence-corrected chi connectivity index (χ2v) is 14.5. The number of primary amides is 1. The molecule has 1 fully saturated rings. The number of methoxy groups -OCH3 is 2. The summed E-state index contributed by atoms with van der Waals surface area (Å²) in [5.41, 5.74) is 5.73. The number of hydrogen-bond donors (Lipinski definition) is 2. The van der Waals surface area contributed by atoms with Gasteiger partial charge in [-0.2, -0.15) is 0 Å². The van der Waals surface area contributed by atoms with Crippen LogP contribution in [-0.2, 0) is 44.5 Å². The highest BCUT2D eigenvalue weighted by molar-refractivity contribution is 5.90. The van der Waals surface area contributed by atoms with Crippen LogP contribution in [0, 0.1) is 29.1 Å². The number of ether oxygens (including phenoxy) is 6. The lowest BCUT2D eigenvalue weighted by Gasteiger charge is -2.33. The molecule has 0 aliphatic carbocycles. The number of rotatable bonds is 23. The average Bonchev–Trinajstić information content (AvgIpc) is 3.48. The Morgan fingerprint density at radius 2 is 1.71 bits per heavy atom. The highest BCUT2D eigenvalue weighted by atomic mass is 16.7. The third-order valence-electron chi connectivity index (χ3n) is 9.57. The first-order valence-corrected chi connectivity index (χ1v) is 17.7. The summed E-state index contributed by atoms with van der Waals surface area (Å²) < 4.78 is 33.0. The van der Waals surface area contributed by atoms with Gasteiger partial charge in [0.1, 0.15) is 12.5 Å². The van der Waals surface area contributed by atoms with E-state index in [1.807, 2.05) is 32.0 Å². The molecular weight excluding hydrogens is 676 g/mol. The minimum atomic E-state index is -1.33. The monoisotopic (exact) mass is 734 g/mol. The van der Waals surface area contributed by atoms with Crippen molar-refractivity contribution >= 4 is 29.7 Å². The summed E-state index contributed by atoms with van der Waals surface area (Å²) in [5.74, 6) is -1.80. The number of ketones is 1. The number of carbonyl (C=O) groups excluding carboxylic acids is 4. The minimum absolute atomic E-state index is 0.00861. The van der Waals surface area contributed by atoms with Gasteiger partial charge in [0.2, 0.25) is 12.7 Å². The van der Waals surface area contributed by atoms with Gasteiger partial charge in [0.15, 0.2) is 11.5 Å². The second kappa shape index (κ2) is 21.4. The Labute approximate surface area is 307 Å². The van der Waals surface area contributed by atoms with E-state index in [2.05, 4.69) is 13.8 Å². The molecule has 1 saturated heterocycles. The van der Waals surface area contributed by atoms with E-state index in [9.17, 15) is 24.0 Å². The fraction of sp³-hybridized carbons (Fsp3) is 0.658. The largest absolute Gasteiger partial charge is 0.493 e. The van der Waals surface area contributed by atoms with Gasteiger partial charge >= 0.3 is 18.0 Å². The third kappa shape index (κ3) is 14.1. The van der Waals surface area contributed by atoms with Crippen LogP contribution in [0.5, 0.6) is 11.5 Å². The van der Waals surface area contributed by atoms with E-state index in [1.54, 1.807) is 28.1 Å². The molecule has 292 valence electrons. The summed E-state index contributed by atoms with van der Waals surface area (Å²) in [4.78, 5) is 62.9. The fourth-order valence-electron chi connectivity index (χ4n) is 6.00. The van der Waals surface area contributed by atoms with Gasteiger partial charge in [0.25, 0.3) is 0 Å². The molecule has 52 heavy (non-hydrogen) atoms. The van der Waals surface area contributed by atoms with Crippen molar-refractivity contribution in [2.45, 2.75) is 92.2 Å². The van der Waals surface area contributed by atoms with E-state index >= 15 is 0 Å². The van der Waals surface area contributed by atoms with E-state index in [0.29, 0.717) is 69.0 Å². The maximum atomic E-state index is 13.6. The quantitative estimate of drug-likeness (QED) is 0.0653. The summed E-state index contributed by atoms with van der Waals surface area (Å²) in [6.45, 7) is 11.8. The highest BCUT2D eigenvalue weighted by Crippen LogP contribution is 2.36. The summed E-state index contributed by atoms with van der Waals surface area (Å²) in [6.07, 6.45) is 2.71. The first-order chi connectivity index (χ1) is 24.5. The molecule has 3 N–H and O–H groups in total. The van der Waals surface area contributed by atoms with Crippen LogP contribution in [0.25, 0.3) is 0 Å². The molecule has 0 saturated carbocycles. The van der Waals surface area contributed by atoms with Crippen LogP contribution < -0.4 is 15.2 Å². The number of carboxylic acids is 1. The molecular formula is C38H58N2O12. The molecule has 14 heteroatoms. The van der Waals surface area contributed by atoms with Crippen LogP contribution in [0.4, 0.5) is 4.79 Å². The summed E-state index contributed by atoms with van der Waals surface area (Å²) in [6, 6.07) is 5.32. The number of carboxylic acid groups (broad SMARTS) is 1. The number of esters is 1. The van der Waals surface area contributed by atoms with Gasteiger partial charge in [-0.15, -0.1) is 0 Å². The number of benzene rings is 1. The number of aliphatic carboxylic acids is 1. The molecule has 2 rings (SSSR count). The Morgan fingerprint density at radius 1 is 1.00 bits per heavy atom. The molecule has 1 aliphatic heterocycles. The van der Waals surface area contributed by atoms with Crippen molar-refractivity contribution in [1.82, 2.24) is 4.90 Å². The molecule has 1 aromatic carbocycles. The molecule has 2 amide bonds. The second-order valence-electron chi connectivity index (χ2n) is 14.5. The number of carbonyl (C=O) groups is 5. The van der Waals surface area contributed by atoms with Gasteiger partial charge in [0, 0.05) is 50.0 Å². The molecule has 1 aliphatic rings. The topological polar surface area (TPSA) is 190 Å². The van der Waals surface area contributed by atoms with Crippen molar-refractivity contribution in [3.05, 3.63) is 35.9 Å². The van der Waals surface area contributed by atoms with Crippen LogP contribution in [-0.4, -0.2) is 92.8 Å². The molecule has 1 aromatic rings. The predicted octanol–water partition coefficient (Wildman–Crippen LogP) is 5.14. The van der Waals surface area contributed by atoms with Gasteiger partial charge < -0.3 is 39.3 Å². The Bertz CT molecular complexity index is 1380. The zero-order chi connectivity index (χ0) is 39.0. The Kier molecular flexibility index (Phi) is 18.1. The predicted molar refractivity (Wildman–Crippen MR) is 191 cm³/mol. The molecule has 1 heterocycles. The summed E-state index contributed by atoms with van der Waals surface area (Å²) >= 11 is 0. The minimum Gasteiger partial charge on any atom is -0.493 e. The van der Waals surface area contributed by atoms with E-state index in [-0.39, 0.29) is 36.7 Å². The zero-order valence-electron chi connectivity index (χ0n) is 31.9. The first-order valence-electron chi connectivity index (χ1n) is 17.7. The normalized spacial score (nSPS) is 17.3. The van der Waals surface area contributed by atoms with Crippen molar-refractivity contribution in [2.75, 3.05) is 41.0 Å². The Morgan fingerprint density at radius 3 is 2.31 bits per heavy atom. The lowest BCUT2D eigenvalue weighted by atomic mass is 9.78. The highest BCUT2D eigenvalue weighted by Gasteiger charge is 2.43. The lowest BCUT2D eigenvalue weighted by molar-refractivity contribution is -0.147. The van der Waals surface area contributed by atoms with Crippen molar-refractivity contribution in [1.29, 1.82) is 0 Å². The smallest absolute Gasteiger partial charge is 0.414 e. The van der Waals surface area contributed by atoms with E-state index in [1.165, 1.54) is 4.90 Å². The number of nitrogens with two attached hydrogens (primary N) is 1. The molecule has 0 radical (unpaired) electrons. The van der Waals surface area contributed by atoms with Gasteiger partial charge in [-0.3, -0.25) is 14.5 Å². The van der Waals surface area contributed by atoms with Crippen molar-refractivity contribution in [2.24, 2.45) is 34.8 Å². The van der Waals surface area contributed by atoms with Crippen molar-refractivity contribution in [3.8, 4) is 11.5 Å². The van der Waals surface area contributed by atoms with Crippen molar-refractivity contribution < 1.29 is 57.5 Å². The van der Waals surface area contributed by atoms with Crippen LogP contribution in [0.1, 0.15) is 79.2 Å². The van der Waals surface area contributed by atoms with Gasteiger partial charge in [-0.25, -0.2) is 14.4 Å². The standard InChI is InChI=1S/C38H58N2O12/c1-24(2)27(18-26-10-11-31(48-8)33(19-26)49-17-9-16-47-7)20-29-32(21-28(25(3)4)30(41)14-15-38(5,6)36(39)45)50-22-40(29)37(46)52-23-51-35(44)13-12-34(42)43/h10-13,19,24-25,27-29,32H,9,14-18,20-23H2,1-8H3,(H2,39,45)(H,42,43)/b13-12+/t27-,28-,29-,32-/m0/s1. The molecule has 4 atom stereocenters. The maximum Gasteiger partial charge on any atom is 0.414 e. The van der Waals surface area contributed by atoms with Crippen LogP contribution in [0.3, 0.4) is 0 Å². The molecule has 14 nitrogen and oxygen atoms in total. The SMILES string of the molecule is COCCCOc1cc(C[C@@H](C[C@H]2[C@H](C[C@H](C(=O)CCC(C)(C)C(N)=O)C(C)C)OCN2C(=O)OCOC(=O)/C=C/C(=O)O)C(C)C)ccc1OC. The lowest BCUT2D eigenvalue weighted by Crippen LogP contribution is -2.43. The van der Waals surface area contributed by atoms with E-state index in [4.69, 9.17) is 39.3 Å².